The second-order valence-electron chi connectivity index (χ2n) is 9.06. The summed E-state index contributed by atoms with van der Waals surface area (Å²) in [5, 5.41) is 22.9. The molecule has 0 heterocycles. The molecule has 0 unspecified atom stereocenters. The molecular formula is C27H49NO2. The van der Waals surface area contributed by atoms with Gasteiger partial charge in [0.25, 0.3) is 0 Å². The maximum Gasteiger partial charge on any atom is 0.0448 e. The maximum absolute atomic E-state index is 9.61. The van der Waals surface area contributed by atoms with Crippen LogP contribution in [0.4, 0.5) is 0 Å². The minimum Gasteiger partial charge on any atom is -0.396 e. The second kappa shape index (κ2) is 18.8. The molecule has 0 amide bonds. The summed E-state index contributed by atoms with van der Waals surface area (Å²) in [5.74, 6) is 0. The Morgan fingerprint density at radius 1 is 0.633 bits per heavy atom. The molecule has 174 valence electrons. The molecule has 30 heavy (non-hydrogen) atoms. The number of aliphatic hydroxyl groups excluding tert-OH is 2. The summed E-state index contributed by atoms with van der Waals surface area (Å²) in [6.07, 6.45) is 20.1. The quantitative estimate of drug-likeness (QED) is 0.193. The highest BCUT2D eigenvalue weighted by Crippen LogP contribution is 2.24. The van der Waals surface area contributed by atoms with Crippen LogP contribution in [0.2, 0.25) is 0 Å². The molecule has 1 aromatic carbocycles. The maximum atomic E-state index is 9.61. The average molecular weight is 420 g/mol. The summed E-state index contributed by atoms with van der Waals surface area (Å²) >= 11 is 0. The summed E-state index contributed by atoms with van der Waals surface area (Å²) in [4.78, 5) is 0. The lowest BCUT2D eigenvalue weighted by molar-refractivity contribution is 0.151. The van der Waals surface area contributed by atoms with E-state index in [-0.39, 0.29) is 18.8 Å². The van der Waals surface area contributed by atoms with Crippen LogP contribution in [0.25, 0.3) is 0 Å². The smallest absolute Gasteiger partial charge is 0.0448 e. The van der Waals surface area contributed by atoms with Crippen molar-refractivity contribution in [2.45, 2.75) is 122 Å². The van der Waals surface area contributed by atoms with Crippen LogP contribution in [-0.4, -0.2) is 29.0 Å². The minimum atomic E-state index is -0.156. The molecule has 0 atom stereocenters. The Kier molecular flexibility index (Phi) is 17.0. The van der Waals surface area contributed by atoms with E-state index in [0.29, 0.717) is 12.8 Å². The van der Waals surface area contributed by atoms with Gasteiger partial charge in [0.15, 0.2) is 0 Å². The van der Waals surface area contributed by atoms with Crippen LogP contribution in [-0.2, 0) is 6.54 Å². The highest BCUT2D eigenvalue weighted by molar-refractivity contribution is 5.14. The first kappa shape index (κ1) is 27.1. The van der Waals surface area contributed by atoms with Crippen LogP contribution in [0.15, 0.2) is 30.3 Å². The van der Waals surface area contributed by atoms with Crippen LogP contribution in [0.3, 0.4) is 0 Å². The minimum absolute atomic E-state index is 0.156. The molecule has 1 aromatic rings. The number of aliphatic hydroxyl groups is 2. The molecular weight excluding hydrogens is 370 g/mol. The van der Waals surface area contributed by atoms with E-state index in [0.717, 1.165) is 13.0 Å². The first-order valence-corrected chi connectivity index (χ1v) is 12.8. The Balaban J connectivity index is 2.17. The third kappa shape index (κ3) is 13.4. The van der Waals surface area contributed by atoms with Crippen molar-refractivity contribution in [3.63, 3.8) is 0 Å². The molecule has 0 aliphatic heterocycles. The lowest BCUT2D eigenvalue weighted by Gasteiger charge is -2.35. The number of hydrogen-bond acceptors (Lipinski definition) is 3. The number of hydrogen-bond donors (Lipinski definition) is 3. The summed E-state index contributed by atoms with van der Waals surface area (Å²) < 4.78 is 0. The molecule has 0 bridgehead atoms. The van der Waals surface area contributed by atoms with Crippen molar-refractivity contribution >= 4 is 0 Å². The average Bonchev–Trinajstić information content (AvgIpc) is 2.76. The number of rotatable bonds is 21. The van der Waals surface area contributed by atoms with Gasteiger partial charge < -0.3 is 15.5 Å². The van der Waals surface area contributed by atoms with Crippen molar-refractivity contribution < 1.29 is 10.2 Å². The van der Waals surface area contributed by atoms with Gasteiger partial charge in [0.1, 0.15) is 0 Å². The summed E-state index contributed by atoms with van der Waals surface area (Å²) in [6, 6.07) is 10.4. The lowest BCUT2D eigenvalue weighted by Crippen LogP contribution is -2.46. The van der Waals surface area contributed by atoms with Gasteiger partial charge in [-0.2, -0.15) is 0 Å². The van der Waals surface area contributed by atoms with E-state index in [1.54, 1.807) is 0 Å². The molecule has 0 saturated carbocycles. The van der Waals surface area contributed by atoms with Crippen LogP contribution < -0.4 is 5.32 Å². The fourth-order valence-corrected chi connectivity index (χ4v) is 4.43. The van der Waals surface area contributed by atoms with E-state index in [1.165, 1.54) is 89.0 Å². The zero-order valence-corrected chi connectivity index (χ0v) is 19.7. The highest BCUT2D eigenvalue weighted by Gasteiger charge is 2.27. The molecule has 3 nitrogen and oxygen atoms in total. The Morgan fingerprint density at radius 2 is 1.10 bits per heavy atom. The second-order valence-corrected chi connectivity index (χ2v) is 9.06. The molecule has 0 aliphatic carbocycles. The predicted octanol–water partition coefficient (Wildman–Crippen LogP) is 6.76. The van der Waals surface area contributed by atoms with Gasteiger partial charge in [0.05, 0.1) is 0 Å². The SMILES string of the molecule is CCCCCCCCCCCCCCCC(CCO)(CCO)NCc1ccccc1. The van der Waals surface area contributed by atoms with Crippen molar-refractivity contribution in [2.75, 3.05) is 13.2 Å². The fourth-order valence-electron chi connectivity index (χ4n) is 4.43. The normalized spacial score (nSPS) is 11.8. The first-order valence-electron chi connectivity index (χ1n) is 12.8. The Labute approximate surface area is 186 Å². The van der Waals surface area contributed by atoms with Gasteiger partial charge in [0.2, 0.25) is 0 Å². The molecule has 0 saturated heterocycles. The Hall–Kier alpha value is -0.900. The Morgan fingerprint density at radius 3 is 1.57 bits per heavy atom. The van der Waals surface area contributed by atoms with Gasteiger partial charge >= 0.3 is 0 Å². The lowest BCUT2D eigenvalue weighted by atomic mass is 9.85. The molecule has 1 rings (SSSR count). The molecule has 0 radical (unpaired) electrons. The van der Waals surface area contributed by atoms with E-state index in [9.17, 15) is 10.2 Å². The monoisotopic (exact) mass is 419 g/mol. The van der Waals surface area contributed by atoms with Crippen molar-refractivity contribution in [1.29, 1.82) is 0 Å². The van der Waals surface area contributed by atoms with Crippen molar-refractivity contribution in [3.8, 4) is 0 Å². The van der Waals surface area contributed by atoms with Crippen LogP contribution in [0, 0.1) is 0 Å². The van der Waals surface area contributed by atoms with E-state index in [4.69, 9.17) is 0 Å². The number of unbranched alkanes of at least 4 members (excludes halogenated alkanes) is 12. The first-order chi connectivity index (χ1) is 14.8. The van der Waals surface area contributed by atoms with E-state index >= 15 is 0 Å². The topological polar surface area (TPSA) is 52.5 Å². The molecule has 0 aromatic heterocycles. The van der Waals surface area contributed by atoms with E-state index in [1.807, 2.05) is 6.07 Å². The van der Waals surface area contributed by atoms with Crippen LogP contribution >= 0.6 is 0 Å². The standard InChI is InChI=1S/C27H49NO2/c1-2-3-4-5-6-7-8-9-10-11-12-13-17-20-27(21-23-29,22-24-30)28-25-26-18-15-14-16-19-26/h14-16,18-19,28-30H,2-13,17,20-25H2,1H3. The van der Waals surface area contributed by atoms with Crippen LogP contribution in [0.5, 0.6) is 0 Å². The zero-order chi connectivity index (χ0) is 21.8. The molecule has 0 spiro atoms. The Bertz CT molecular complexity index is 471. The van der Waals surface area contributed by atoms with Gasteiger partial charge in [-0.15, -0.1) is 0 Å². The van der Waals surface area contributed by atoms with Gasteiger partial charge in [-0.1, -0.05) is 121 Å². The third-order valence-electron chi connectivity index (χ3n) is 6.45. The fraction of sp³-hybridized carbons (Fsp3) is 0.778. The molecule has 3 heteroatoms. The highest BCUT2D eigenvalue weighted by atomic mass is 16.3. The van der Waals surface area contributed by atoms with Gasteiger partial charge in [0, 0.05) is 25.3 Å². The van der Waals surface area contributed by atoms with Crippen LogP contribution in [0.1, 0.15) is 115 Å². The number of benzene rings is 1. The summed E-state index contributed by atoms with van der Waals surface area (Å²) in [5.41, 5.74) is 1.10. The zero-order valence-electron chi connectivity index (χ0n) is 19.7. The van der Waals surface area contributed by atoms with Gasteiger partial charge in [-0.25, -0.2) is 0 Å². The molecule has 3 N–H and O–H groups in total. The van der Waals surface area contributed by atoms with Gasteiger partial charge in [-0.3, -0.25) is 0 Å². The summed E-state index contributed by atoms with van der Waals surface area (Å²) in [7, 11) is 0. The van der Waals surface area contributed by atoms with E-state index in [2.05, 4.69) is 36.5 Å². The predicted molar refractivity (Wildman–Crippen MR) is 130 cm³/mol. The van der Waals surface area contributed by atoms with Crippen molar-refractivity contribution in [3.05, 3.63) is 35.9 Å². The van der Waals surface area contributed by atoms with Gasteiger partial charge in [-0.05, 0) is 24.8 Å². The van der Waals surface area contributed by atoms with E-state index < -0.39 is 0 Å². The van der Waals surface area contributed by atoms with Crippen molar-refractivity contribution in [2.24, 2.45) is 0 Å². The summed E-state index contributed by atoms with van der Waals surface area (Å²) in [6.45, 7) is 3.40. The molecule has 0 aliphatic rings. The largest absolute Gasteiger partial charge is 0.396 e. The third-order valence-corrected chi connectivity index (χ3v) is 6.45. The van der Waals surface area contributed by atoms with Crippen molar-refractivity contribution in [1.82, 2.24) is 5.32 Å². The number of nitrogens with one attached hydrogen (secondary N) is 1. The molecule has 0 fully saturated rings.